The van der Waals surface area contributed by atoms with Gasteiger partial charge in [-0.1, -0.05) is 30.3 Å². The molecule has 0 unspecified atom stereocenters. The van der Waals surface area contributed by atoms with E-state index in [0.29, 0.717) is 17.1 Å². The number of non-ortho nitro benzene ring substituents is 1. The second-order valence-electron chi connectivity index (χ2n) is 4.78. The van der Waals surface area contributed by atoms with Gasteiger partial charge in [-0.2, -0.15) is 0 Å². The number of aliphatic hydroxyl groups excluding tert-OH is 1. The van der Waals surface area contributed by atoms with Crippen molar-refractivity contribution in [2.45, 2.75) is 6.61 Å². The van der Waals surface area contributed by atoms with Crippen LogP contribution in [0.5, 0.6) is 5.75 Å². The van der Waals surface area contributed by atoms with Crippen LogP contribution in [-0.4, -0.2) is 16.6 Å². The third-order valence-electron chi connectivity index (χ3n) is 3.27. The Balaban J connectivity index is 1.87. The van der Waals surface area contributed by atoms with Crippen LogP contribution in [0.3, 0.4) is 0 Å². The maximum atomic E-state index is 10.8. The van der Waals surface area contributed by atoms with Gasteiger partial charge in [0.2, 0.25) is 0 Å². The van der Waals surface area contributed by atoms with Crippen molar-refractivity contribution < 1.29 is 19.5 Å². The summed E-state index contributed by atoms with van der Waals surface area (Å²) in [7, 11) is 0. The van der Waals surface area contributed by atoms with Crippen molar-refractivity contribution in [3.63, 3.8) is 0 Å². The van der Waals surface area contributed by atoms with E-state index in [1.807, 2.05) is 30.3 Å². The van der Waals surface area contributed by atoms with Crippen LogP contribution in [0.2, 0.25) is 0 Å². The number of aliphatic hydroxyl groups is 1. The van der Waals surface area contributed by atoms with Crippen LogP contribution in [0.25, 0.3) is 5.76 Å². The number of nitrogens with zero attached hydrogens (tertiary/aromatic N) is 1. The highest BCUT2D eigenvalue weighted by molar-refractivity contribution is 5.70. The van der Waals surface area contributed by atoms with E-state index < -0.39 is 4.92 Å². The Morgan fingerprint density at radius 1 is 1.23 bits per heavy atom. The quantitative estimate of drug-likeness (QED) is 0.691. The van der Waals surface area contributed by atoms with E-state index in [-0.39, 0.29) is 24.7 Å². The van der Waals surface area contributed by atoms with Gasteiger partial charge >= 0.3 is 0 Å². The van der Waals surface area contributed by atoms with Gasteiger partial charge in [-0.25, -0.2) is 0 Å². The summed E-state index contributed by atoms with van der Waals surface area (Å²) in [4.78, 5) is 10.3. The molecule has 0 amide bonds. The van der Waals surface area contributed by atoms with Gasteiger partial charge in [0.05, 0.1) is 16.6 Å². The molecule has 22 heavy (non-hydrogen) atoms. The molecule has 2 aromatic carbocycles. The second kappa shape index (κ2) is 5.77. The molecular formula is C16H13NO5. The van der Waals surface area contributed by atoms with Gasteiger partial charge in [-0.3, -0.25) is 10.1 Å². The first-order valence-electron chi connectivity index (χ1n) is 6.65. The first kappa shape index (κ1) is 13.9. The number of nitro benzene ring substituents is 1. The smallest absolute Gasteiger partial charge is 0.273 e. The fourth-order valence-electron chi connectivity index (χ4n) is 2.19. The molecule has 1 aliphatic rings. The molecule has 2 aromatic rings. The fraction of sp³-hybridized carbons (Fsp3) is 0.125. The van der Waals surface area contributed by atoms with Gasteiger partial charge in [0.15, 0.2) is 11.5 Å². The Morgan fingerprint density at radius 3 is 2.73 bits per heavy atom. The van der Waals surface area contributed by atoms with E-state index in [9.17, 15) is 15.2 Å². The molecule has 0 atom stereocenters. The molecule has 1 N–H and O–H groups in total. The zero-order valence-electron chi connectivity index (χ0n) is 11.6. The van der Waals surface area contributed by atoms with Crippen LogP contribution in [0, 0.1) is 10.1 Å². The number of fused-ring (bicyclic) bond motifs is 1. The predicted octanol–water partition coefficient (Wildman–Crippen LogP) is 3.43. The van der Waals surface area contributed by atoms with E-state index in [0.717, 1.165) is 5.56 Å². The van der Waals surface area contributed by atoms with E-state index in [4.69, 9.17) is 9.47 Å². The van der Waals surface area contributed by atoms with Crippen LogP contribution in [0.15, 0.2) is 54.3 Å². The molecule has 0 fully saturated rings. The summed E-state index contributed by atoms with van der Waals surface area (Å²) in [6.07, 6.45) is 0. The zero-order valence-corrected chi connectivity index (χ0v) is 11.6. The number of rotatable bonds is 4. The largest absolute Gasteiger partial charge is 0.505 e. The van der Waals surface area contributed by atoms with Gasteiger partial charge in [0.25, 0.3) is 5.69 Å². The number of benzene rings is 2. The molecule has 0 aliphatic carbocycles. The van der Waals surface area contributed by atoms with Crippen molar-refractivity contribution in [1.29, 1.82) is 0 Å². The summed E-state index contributed by atoms with van der Waals surface area (Å²) >= 11 is 0. The molecule has 0 saturated heterocycles. The molecule has 1 heterocycles. The maximum Gasteiger partial charge on any atom is 0.273 e. The normalized spacial score (nSPS) is 13.3. The monoisotopic (exact) mass is 299 g/mol. The summed E-state index contributed by atoms with van der Waals surface area (Å²) < 4.78 is 11.0. The number of ether oxygens (including phenoxy) is 2. The van der Waals surface area contributed by atoms with E-state index in [2.05, 4.69) is 0 Å². The van der Waals surface area contributed by atoms with Crippen molar-refractivity contribution in [3.05, 3.63) is 75.5 Å². The minimum Gasteiger partial charge on any atom is -0.505 e. The minimum atomic E-state index is -0.494. The second-order valence-corrected chi connectivity index (χ2v) is 4.78. The Hall–Kier alpha value is -3.02. The molecule has 0 aromatic heterocycles. The third kappa shape index (κ3) is 2.71. The molecule has 0 spiro atoms. The van der Waals surface area contributed by atoms with Crippen LogP contribution in [0.4, 0.5) is 5.69 Å². The lowest BCUT2D eigenvalue weighted by Crippen LogP contribution is -2.13. The average molecular weight is 299 g/mol. The molecule has 3 rings (SSSR count). The molecule has 112 valence electrons. The van der Waals surface area contributed by atoms with E-state index >= 15 is 0 Å². The van der Waals surface area contributed by atoms with Gasteiger partial charge in [-0.05, 0) is 11.6 Å². The average Bonchev–Trinajstić information content (AvgIpc) is 2.54. The lowest BCUT2D eigenvalue weighted by Gasteiger charge is -2.21. The fourth-order valence-corrected chi connectivity index (χ4v) is 2.19. The molecule has 0 bridgehead atoms. The first-order chi connectivity index (χ1) is 10.6. The highest BCUT2D eigenvalue weighted by Gasteiger charge is 2.24. The summed E-state index contributed by atoms with van der Waals surface area (Å²) in [5.41, 5.74) is 1.39. The number of hydrogen-bond donors (Lipinski definition) is 1. The zero-order chi connectivity index (χ0) is 15.5. The predicted molar refractivity (Wildman–Crippen MR) is 79.4 cm³/mol. The van der Waals surface area contributed by atoms with Gasteiger partial charge in [0.1, 0.15) is 19.0 Å². The Morgan fingerprint density at radius 2 is 2.00 bits per heavy atom. The van der Waals surface area contributed by atoms with Crippen molar-refractivity contribution in [2.24, 2.45) is 0 Å². The number of hydrogen-bond acceptors (Lipinski definition) is 5. The standard InChI is InChI=1S/C16H13NO5/c18-14-10-21-15-8-12(17(19)20)6-7-13(15)16(14)22-9-11-4-2-1-3-5-11/h1-8,18H,9-10H2. The minimum absolute atomic E-state index is 0.0303. The van der Waals surface area contributed by atoms with Crippen molar-refractivity contribution in [3.8, 4) is 5.75 Å². The Kier molecular flexibility index (Phi) is 3.65. The Bertz CT molecular complexity index is 739. The highest BCUT2D eigenvalue weighted by atomic mass is 16.6. The molecule has 6 nitrogen and oxygen atoms in total. The lowest BCUT2D eigenvalue weighted by molar-refractivity contribution is -0.384. The SMILES string of the molecule is O=[N+]([O-])c1ccc2c(c1)OCC(O)=C2OCc1ccccc1. The van der Waals surface area contributed by atoms with E-state index in [1.165, 1.54) is 18.2 Å². The first-order valence-corrected chi connectivity index (χ1v) is 6.65. The number of nitro groups is 1. The van der Waals surface area contributed by atoms with Gasteiger partial charge in [0, 0.05) is 6.07 Å². The van der Waals surface area contributed by atoms with Crippen LogP contribution >= 0.6 is 0 Å². The summed E-state index contributed by atoms with van der Waals surface area (Å²) in [5.74, 6) is 0.590. The maximum absolute atomic E-state index is 10.8. The van der Waals surface area contributed by atoms with E-state index in [1.54, 1.807) is 0 Å². The molecule has 0 radical (unpaired) electrons. The van der Waals surface area contributed by atoms with Crippen molar-refractivity contribution in [2.75, 3.05) is 6.61 Å². The summed E-state index contributed by atoms with van der Waals surface area (Å²) in [6, 6.07) is 13.7. The topological polar surface area (TPSA) is 81.8 Å². The Labute approximate surface area is 126 Å². The van der Waals surface area contributed by atoms with Crippen molar-refractivity contribution in [1.82, 2.24) is 0 Å². The van der Waals surface area contributed by atoms with Gasteiger partial charge in [-0.15, -0.1) is 0 Å². The summed E-state index contributed by atoms with van der Waals surface area (Å²) in [5, 5.41) is 20.8. The van der Waals surface area contributed by atoms with Crippen molar-refractivity contribution >= 4 is 11.4 Å². The summed E-state index contributed by atoms with van der Waals surface area (Å²) in [6.45, 7) is 0.217. The molecule has 1 aliphatic heterocycles. The van der Waals surface area contributed by atoms with Gasteiger partial charge < -0.3 is 14.6 Å². The molecular weight excluding hydrogens is 286 g/mol. The molecule has 0 saturated carbocycles. The molecule has 6 heteroatoms. The van der Waals surface area contributed by atoms with Crippen LogP contribution in [0.1, 0.15) is 11.1 Å². The van der Waals surface area contributed by atoms with Crippen LogP contribution < -0.4 is 4.74 Å². The van der Waals surface area contributed by atoms with Crippen LogP contribution in [-0.2, 0) is 11.3 Å². The third-order valence-corrected chi connectivity index (χ3v) is 3.27. The lowest BCUT2D eigenvalue weighted by atomic mass is 10.1. The highest BCUT2D eigenvalue weighted by Crippen LogP contribution is 2.36.